The van der Waals surface area contributed by atoms with Gasteiger partial charge in [-0.2, -0.15) is 0 Å². The highest BCUT2D eigenvalue weighted by atomic mass is 14.4. The minimum absolute atomic E-state index is 1.08. The molecule has 152 valence electrons. The van der Waals surface area contributed by atoms with Crippen LogP contribution in [0.5, 0.6) is 0 Å². The molecule has 3 saturated carbocycles. The fraction of sp³-hybridized carbons (Fsp3) is 1.00. The summed E-state index contributed by atoms with van der Waals surface area (Å²) in [5, 5.41) is 0. The van der Waals surface area contributed by atoms with E-state index in [9.17, 15) is 0 Å². The molecule has 0 N–H and O–H groups in total. The molecule has 0 amide bonds. The molecule has 0 unspecified atom stereocenters. The van der Waals surface area contributed by atoms with Gasteiger partial charge in [0.25, 0.3) is 0 Å². The summed E-state index contributed by atoms with van der Waals surface area (Å²) in [7, 11) is 0. The molecule has 0 bridgehead atoms. The average Bonchev–Trinajstić information content (AvgIpc) is 2.69. The van der Waals surface area contributed by atoms with Crippen LogP contribution in [0.1, 0.15) is 129 Å². The summed E-state index contributed by atoms with van der Waals surface area (Å²) >= 11 is 0. The van der Waals surface area contributed by atoms with Crippen LogP contribution in [0.3, 0.4) is 0 Å². The Kier molecular flexibility index (Phi) is 8.86. The fourth-order valence-electron chi connectivity index (χ4n) is 6.99. The molecule has 0 aromatic heterocycles. The summed E-state index contributed by atoms with van der Waals surface area (Å²) in [5.41, 5.74) is 0. The normalized spacial score (nSPS) is 39.0. The predicted molar refractivity (Wildman–Crippen MR) is 115 cm³/mol. The van der Waals surface area contributed by atoms with Gasteiger partial charge in [0.2, 0.25) is 0 Å². The molecule has 0 radical (unpaired) electrons. The first kappa shape index (κ1) is 20.7. The lowest BCUT2D eigenvalue weighted by molar-refractivity contribution is 0.136. The van der Waals surface area contributed by atoms with Crippen molar-refractivity contribution in [2.75, 3.05) is 0 Å². The van der Waals surface area contributed by atoms with E-state index in [1.807, 2.05) is 0 Å². The molecule has 0 heterocycles. The molecule has 0 spiro atoms. The second-order valence-corrected chi connectivity index (χ2v) is 10.6. The van der Waals surface area contributed by atoms with Crippen LogP contribution in [0.15, 0.2) is 0 Å². The second-order valence-electron chi connectivity index (χ2n) is 10.6. The summed E-state index contributed by atoms with van der Waals surface area (Å²) < 4.78 is 0. The molecular formula is C26H48. The smallest absolute Gasteiger partial charge is 0.0386 e. The molecule has 0 atom stereocenters. The first-order chi connectivity index (χ1) is 12.8. The first-order valence-electron chi connectivity index (χ1n) is 12.8. The third kappa shape index (κ3) is 6.27. The molecule has 26 heavy (non-hydrogen) atoms. The molecule has 3 rings (SSSR count). The van der Waals surface area contributed by atoms with Gasteiger partial charge >= 0.3 is 0 Å². The molecule has 3 aliphatic rings. The van der Waals surface area contributed by atoms with Gasteiger partial charge in [0.1, 0.15) is 0 Å². The van der Waals surface area contributed by atoms with E-state index in [4.69, 9.17) is 0 Å². The van der Waals surface area contributed by atoms with Gasteiger partial charge < -0.3 is 0 Å². The van der Waals surface area contributed by atoms with Gasteiger partial charge in [-0.25, -0.2) is 0 Å². The minimum Gasteiger partial charge on any atom is -0.0654 e. The highest BCUT2D eigenvalue weighted by molar-refractivity contribution is 4.82. The zero-order valence-electron chi connectivity index (χ0n) is 18.2. The third-order valence-corrected chi connectivity index (χ3v) is 8.79. The highest BCUT2D eigenvalue weighted by Gasteiger charge is 2.31. The quantitative estimate of drug-likeness (QED) is 0.405. The monoisotopic (exact) mass is 360 g/mol. The summed E-state index contributed by atoms with van der Waals surface area (Å²) in [6.07, 6.45) is 27.7. The second kappa shape index (κ2) is 11.1. The Hall–Kier alpha value is 0. The lowest BCUT2D eigenvalue weighted by Gasteiger charge is -2.38. The van der Waals surface area contributed by atoms with Crippen molar-refractivity contribution in [3.05, 3.63) is 0 Å². The molecule has 0 saturated heterocycles. The topological polar surface area (TPSA) is 0 Å². The first-order valence-corrected chi connectivity index (χ1v) is 12.8. The van der Waals surface area contributed by atoms with Gasteiger partial charge in [-0.05, 0) is 61.2 Å². The van der Waals surface area contributed by atoms with E-state index in [1.54, 1.807) is 89.9 Å². The molecule has 0 heteroatoms. The van der Waals surface area contributed by atoms with E-state index in [-0.39, 0.29) is 0 Å². The van der Waals surface area contributed by atoms with Gasteiger partial charge in [-0.1, -0.05) is 104 Å². The van der Waals surface area contributed by atoms with Crippen molar-refractivity contribution < 1.29 is 0 Å². The van der Waals surface area contributed by atoms with Crippen molar-refractivity contribution in [3.63, 3.8) is 0 Å². The van der Waals surface area contributed by atoms with Crippen LogP contribution in [-0.2, 0) is 0 Å². The van der Waals surface area contributed by atoms with Crippen molar-refractivity contribution in [3.8, 4) is 0 Å². The third-order valence-electron chi connectivity index (χ3n) is 8.79. The summed E-state index contributed by atoms with van der Waals surface area (Å²) in [4.78, 5) is 0. The van der Waals surface area contributed by atoms with Crippen molar-refractivity contribution in [1.82, 2.24) is 0 Å². The van der Waals surface area contributed by atoms with Crippen LogP contribution in [0.25, 0.3) is 0 Å². The van der Waals surface area contributed by atoms with Crippen LogP contribution in [0.2, 0.25) is 0 Å². The fourth-order valence-corrected chi connectivity index (χ4v) is 6.99. The summed E-state index contributed by atoms with van der Waals surface area (Å²) in [6.45, 7) is 4.73. The van der Waals surface area contributed by atoms with E-state index < -0.39 is 0 Å². The highest BCUT2D eigenvalue weighted by Crippen LogP contribution is 2.43. The maximum absolute atomic E-state index is 2.37. The molecule has 0 nitrogen and oxygen atoms in total. The van der Waals surface area contributed by atoms with Crippen LogP contribution < -0.4 is 0 Å². The Balaban J connectivity index is 1.27. The summed E-state index contributed by atoms with van der Waals surface area (Å²) in [5.74, 6) is 6.57. The van der Waals surface area contributed by atoms with Gasteiger partial charge in [-0.15, -0.1) is 0 Å². The van der Waals surface area contributed by atoms with E-state index in [2.05, 4.69) is 13.8 Å². The largest absolute Gasteiger partial charge is 0.0654 e. The van der Waals surface area contributed by atoms with Crippen LogP contribution >= 0.6 is 0 Å². The SMILES string of the molecule is CCCC1CCC(C2CCC(CC[C@H]3CC[C@H](CCC)CC3)CC2)CC1. The molecular weight excluding hydrogens is 312 g/mol. The zero-order chi connectivity index (χ0) is 18.2. The van der Waals surface area contributed by atoms with E-state index in [0.29, 0.717) is 0 Å². The van der Waals surface area contributed by atoms with E-state index >= 15 is 0 Å². The standard InChI is InChI=1S/C26H48/c1-3-5-21-7-9-23(10-8-21)11-12-24-15-19-26(20-16-24)25-17-13-22(6-4-2)14-18-25/h21-26H,3-20H2,1-2H3/t21-,22?,23-,24?,25?,26?. The summed E-state index contributed by atoms with van der Waals surface area (Å²) in [6, 6.07) is 0. The molecule has 3 fully saturated rings. The Morgan fingerprint density at radius 3 is 0.962 bits per heavy atom. The van der Waals surface area contributed by atoms with Crippen molar-refractivity contribution in [2.24, 2.45) is 35.5 Å². The Labute approximate surface area is 165 Å². The lowest BCUT2D eigenvalue weighted by Crippen LogP contribution is -2.26. The van der Waals surface area contributed by atoms with Gasteiger partial charge in [0, 0.05) is 0 Å². The van der Waals surface area contributed by atoms with E-state index in [0.717, 1.165) is 35.5 Å². The number of rotatable bonds is 8. The maximum Gasteiger partial charge on any atom is -0.0386 e. The number of hydrogen-bond donors (Lipinski definition) is 0. The molecule has 0 aromatic rings. The van der Waals surface area contributed by atoms with E-state index in [1.165, 1.54) is 25.7 Å². The van der Waals surface area contributed by atoms with Crippen LogP contribution in [-0.4, -0.2) is 0 Å². The minimum atomic E-state index is 1.08. The molecule has 3 aliphatic carbocycles. The Bertz CT molecular complexity index is 348. The van der Waals surface area contributed by atoms with Gasteiger partial charge in [0.05, 0.1) is 0 Å². The zero-order valence-corrected chi connectivity index (χ0v) is 18.2. The van der Waals surface area contributed by atoms with Gasteiger partial charge in [-0.3, -0.25) is 0 Å². The Morgan fingerprint density at radius 2 is 0.654 bits per heavy atom. The lowest BCUT2D eigenvalue weighted by atomic mass is 9.68. The van der Waals surface area contributed by atoms with Crippen LogP contribution in [0, 0.1) is 35.5 Å². The number of hydrogen-bond acceptors (Lipinski definition) is 0. The molecule has 0 aliphatic heterocycles. The predicted octanol–water partition coefficient (Wildman–Crippen LogP) is 8.79. The van der Waals surface area contributed by atoms with Crippen molar-refractivity contribution in [2.45, 2.75) is 129 Å². The van der Waals surface area contributed by atoms with Crippen molar-refractivity contribution >= 4 is 0 Å². The average molecular weight is 361 g/mol. The Morgan fingerprint density at radius 1 is 0.385 bits per heavy atom. The van der Waals surface area contributed by atoms with Crippen molar-refractivity contribution in [1.29, 1.82) is 0 Å². The van der Waals surface area contributed by atoms with Crippen LogP contribution in [0.4, 0.5) is 0 Å². The van der Waals surface area contributed by atoms with Gasteiger partial charge in [0.15, 0.2) is 0 Å². The molecule has 0 aromatic carbocycles. The maximum atomic E-state index is 2.37.